The molecule has 1 aliphatic heterocycles. The van der Waals surface area contributed by atoms with Crippen LogP contribution in [0, 0.1) is 0 Å². The summed E-state index contributed by atoms with van der Waals surface area (Å²) in [6.07, 6.45) is 1.69. The Bertz CT molecular complexity index is 401. The van der Waals surface area contributed by atoms with Gasteiger partial charge in [0.15, 0.2) is 0 Å². The minimum atomic E-state index is -0.154. The number of esters is 1. The number of carbonyl (C=O) groups is 1. The van der Waals surface area contributed by atoms with Crippen molar-refractivity contribution < 1.29 is 14.3 Å². The van der Waals surface area contributed by atoms with E-state index in [-0.39, 0.29) is 12.0 Å². The van der Waals surface area contributed by atoms with Crippen LogP contribution in [0.15, 0.2) is 30.3 Å². The van der Waals surface area contributed by atoms with E-state index in [0.717, 1.165) is 25.9 Å². The summed E-state index contributed by atoms with van der Waals surface area (Å²) in [5.74, 6) is -0.106. The van der Waals surface area contributed by atoms with E-state index in [1.807, 2.05) is 25.1 Å². The Morgan fingerprint density at radius 2 is 2.00 bits per heavy atom. The number of morpholine rings is 1. The van der Waals surface area contributed by atoms with E-state index in [0.29, 0.717) is 19.8 Å². The van der Waals surface area contributed by atoms with E-state index >= 15 is 0 Å². The van der Waals surface area contributed by atoms with Crippen molar-refractivity contribution in [1.29, 1.82) is 0 Å². The lowest BCUT2D eigenvalue weighted by atomic mass is 10.0. The number of rotatable bonds is 6. The van der Waals surface area contributed by atoms with Gasteiger partial charge in [0.1, 0.15) is 6.04 Å². The van der Waals surface area contributed by atoms with Crippen molar-refractivity contribution in [3.63, 3.8) is 0 Å². The predicted octanol–water partition coefficient (Wildman–Crippen LogP) is 1.88. The van der Waals surface area contributed by atoms with Crippen LogP contribution < -0.4 is 0 Å². The van der Waals surface area contributed by atoms with Gasteiger partial charge >= 0.3 is 5.97 Å². The fourth-order valence-corrected chi connectivity index (χ4v) is 2.53. The van der Waals surface area contributed by atoms with E-state index in [4.69, 9.17) is 9.47 Å². The summed E-state index contributed by atoms with van der Waals surface area (Å²) in [4.78, 5) is 14.3. The number of carbonyl (C=O) groups excluding carboxylic acids is 1. The molecule has 110 valence electrons. The van der Waals surface area contributed by atoms with Gasteiger partial charge in [0.2, 0.25) is 0 Å². The Kier molecular flexibility index (Phi) is 6.02. The molecule has 4 nitrogen and oxygen atoms in total. The number of hydrogen-bond donors (Lipinski definition) is 0. The van der Waals surface area contributed by atoms with Gasteiger partial charge in [-0.05, 0) is 25.3 Å². The van der Waals surface area contributed by atoms with Crippen molar-refractivity contribution in [2.75, 3.05) is 32.9 Å². The second kappa shape index (κ2) is 8.02. The van der Waals surface area contributed by atoms with Gasteiger partial charge in [-0.25, -0.2) is 0 Å². The van der Waals surface area contributed by atoms with Gasteiger partial charge < -0.3 is 9.47 Å². The van der Waals surface area contributed by atoms with Crippen LogP contribution in [-0.4, -0.2) is 49.8 Å². The minimum absolute atomic E-state index is 0.106. The Labute approximate surface area is 120 Å². The SMILES string of the molecule is CCOC(=O)C(CCc1ccccc1)N1CCOCC1. The largest absolute Gasteiger partial charge is 0.465 e. The van der Waals surface area contributed by atoms with E-state index in [9.17, 15) is 4.79 Å². The molecule has 0 aliphatic carbocycles. The van der Waals surface area contributed by atoms with Crippen LogP contribution in [0.4, 0.5) is 0 Å². The third-order valence-electron chi connectivity index (χ3n) is 3.59. The highest BCUT2D eigenvalue weighted by Crippen LogP contribution is 2.13. The summed E-state index contributed by atoms with van der Waals surface area (Å²) in [5, 5.41) is 0. The average Bonchev–Trinajstić information content (AvgIpc) is 2.50. The molecule has 0 spiro atoms. The molecule has 0 N–H and O–H groups in total. The Hall–Kier alpha value is -1.39. The maximum absolute atomic E-state index is 12.2. The zero-order valence-electron chi connectivity index (χ0n) is 12.1. The second-order valence-electron chi connectivity index (χ2n) is 4.94. The Morgan fingerprint density at radius 1 is 1.30 bits per heavy atom. The Morgan fingerprint density at radius 3 is 2.65 bits per heavy atom. The first kappa shape index (κ1) is 15.0. The molecule has 0 bridgehead atoms. The van der Waals surface area contributed by atoms with E-state index in [2.05, 4.69) is 17.0 Å². The molecule has 1 aromatic rings. The van der Waals surface area contributed by atoms with Crippen LogP contribution >= 0.6 is 0 Å². The number of ether oxygens (including phenoxy) is 2. The van der Waals surface area contributed by atoms with Gasteiger partial charge in [-0.2, -0.15) is 0 Å². The van der Waals surface area contributed by atoms with Crippen molar-refractivity contribution in [2.24, 2.45) is 0 Å². The van der Waals surface area contributed by atoms with Gasteiger partial charge in [-0.3, -0.25) is 9.69 Å². The zero-order valence-corrected chi connectivity index (χ0v) is 12.1. The molecule has 1 aliphatic rings. The quantitative estimate of drug-likeness (QED) is 0.744. The van der Waals surface area contributed by atoms with Gasteiger partial charge in [0.05, 0.1) is 19.8 Å². The fourth-order valence-electron chi connectivity index (χ4n) is 2.53. The van der Waals surface area contributed by atoms with Gasteiger partial charge in [0, 0.05) is 13.1 Å². The maximum Gasteiger partial charge on any atom is 0.323 e. The molecule has 1 unspecified atom stereocenters. The standard InChI is InChI=1S/C16H23NO3/c1-2-20-16(18)15(17-10-12-19-13-11-17)9-8-14-6-4-3-5-7-14/h3-7,15H,2,8-13H2,1H3. The fraction of sp³-hybridized carbons (Fsp3) is 0.562. The molecular formula is C16H23NO3. The van der Waals surface area contributed by atoms with Crippen LogP contribution in [0.3, 0.4) is 0 Å². The molecule has 0 amide bonds. The topological polar surface area (TPSA) is 38.8 Å². The molecule has 1 fully saturated rings. The van der Waals surface area contributed by atoms with Crippen molar-refractivity contribution in [3.8, 4) is 0 Å². The summed E-state index contributed by atoms with van der Waals surface area (Å²) < 4.78 is 10.6. The highest BCUT2D eigenvalue weighted by atomic mass is 16.5. The van der Waals surface area contributed by atoms with E-state index < -0.39 is 0 Å². The maximum atomic E-state index is 12.2. The lowest BCUT2D eigenvalue weighted by Gasteiger charge is -2.33. The summed E-state index contributed by atoms with van der Waals surface area (Å²) in [6, 6.07) is 10.1. The van der Waals surface area contributed by atoms with Crippen molar-refractivity contribution in [2.45, 2.75) is 25.8 Å². The third-order valence-corrected chi connectivity index (χ3v) is 3.59. The van der Waals surface area contributed by atoms with Crippen molar-refractivity contribution in [3.05, 3.63) is 35.9 Å². The van der Waals surface area contributed by atoms with Crippen LogP contribution in [-0.2, 0) is 20.7 Å². The first-order valence-corrected chi connectivity index (χ1v) is 7.33. The highest BCUT2D eigenvalue weighted by molar-refractivity contribution is 5.75. The first-order chi connectivity index (χ1) is 9.81. The van der Waals surface area contributed by atoms with Crippen LogP contribution in [0.5, 0.6) is 0 Å². The molecule has 0 saturated carbocycles. The van der Waals surface area contributed by atoms with Gasteiger partial charge in [-0.1, -0.05) is 30.3 Å². The highest BCUT2D eigenvalue weighted by Gasteiger charge is 2.28. The molecule has 2 rings (SSSR count). The first-order valence-electron chi connectivity index (χ1n) is 7.33. The lowest BCUT2D eigenvalue weighted by Crippen LogP contribution is -2.48. The molecule has 1 heterocycles. The molecule has 0 radical (unpaired) electrons. The van der Waals surface area contributed by atoms with E-state index in [1.165, 1.54) is 5.56 Å². The van der Waals surface area contributed by atoms with E-state index in [1.54, 1.807) is 0 Å². The molecule has 20 heavy (non-hydrogen) atoms. The molecule has 4 heteroatoms. The zero-order chi connectivity index (χ0) is 14.2. The Balaban J connectivity index is 1.96. The minimum Gasteiger partial charge on any atom is -0.465 e. The molecular weight excluding hydrogens is 254 g/mol. The summed E-state index contributed by atoms with van der Waals surface area (Å²) in [5.41, 5.74) is 1.26. The smallest absolute Gasteiger partial charge is 0.323 e. The molecule has 1 saturated heterocycles. The number of hydrogen-bond acceptors (Lipinski definition) is 4. The number of nitrogens with zero attached hydrogens (tertiary/aromatic N) is 1. The van der Waals surface area contributed by atoms with Crippen LogP contribution in [0.2, 0.25) is 0 Å². The normalized spacial score (nSPS) is 17.6. The molecule has 1 aromatic carbocycles. The molecule has 0 aromatic heterocycles. The predicted molar refractivity (Wildman–Crippen MR) is 77.6 cm³/mol. The third kappa shape index (κ3) is 4.32. The summed E-state index contributed by atoms with van der Waals surface area (Å²) in [6.45, 7) is 5.29. The van der Waals surface area contributed by atoms with Gasteiger partial charge in [-0.15, -0.1) is 0 Å². The van der Waals surface area contributed by atoms with Crippen molar-refractivity contribution in [1.82, 2.24) is 4.90 Å². The lowest BCUT2D eigenvalue weighted by molar-refractivity contribution is -0.151. The average molecular weight is 277 g/mol. The number of benzene rings is 1. The van der Waals surface area contributed by atoms with Crippen molar-refractivity contribution >= 4 is 5.97 Å². The van der Waals surface area contributed by atoms with Crippen LogP contribution in [0.1, 0.15) is 18.9 Å². The second-order valence-corrected chi connectivity index (χ2v) is 4.94. The monoisotopic (exact) mass is 277 g/mol. The van der Waals surface area contributed by atoms with Gasteiger partial charge in [0.25, 0.3) is 0 Å². The van der Waals surface area contributed by atoms with Crippen LogP contribution in [0.25, 0.3) is 0 Å². The number of aryl methyl sites for hydroxylation is 1. The summed E-state index contributed by atoms with van der Waals surface area (Å²) in [7, 11) is 0. The molecule has 1 atom stereocenters. The summed E-state index contributed by atoms with van der Waals surface area (Å²) >= 11 is 0.